The summed E-state index contributed by atoms with van der Waals surface area (Å²) in [5.41, 5.74) is 0. The molecule has 0 aliphatic carbocycles. The lowest BCUT2D eigenvalue weighted by molar-refractivity contribution is -0.143. The Balaban J connectivity index is 4.25. The highest BCUT2D eigenvalue weighted by atomic mass is 16.4. The molecule has 14 heavy (non-hydrogen) atoms. The van der Waals surface area contributed by atoms with E-state index in [1.165, 1.54) is 0 Å². The second-order valence-electron chi connectivity index (χ2n) is 3.63. The van der Waals surface area contributed by atoms with Crippen LogP contribution in [0.3, 0.4) is 0 Å². The number of hydrogen-bond acceptors (Lipinski definition) is 3. The molecule has 0 fully saturated rings. The van der Waals surface area contributed by atoms with Crippen LogP contribution in [0, 0.1) is 5.92 Å². The minimum atomic E-state index is -0.781. The average molecular weight is 203 g/mol. The van der Waals surface area contributed by atoms with E-state index >= 15 is 0 Å². The zero-order valence-corrected chi connectivity index (χ0v) is 9.23. The van der Waals surface area contributed by atoms with E-state index in [1.54, 1.807) is 6.92 Å². The van der Waals surface area contributed by atoms with Gasteiger partial charge in [-0.3, -0.25) is 9.69 Å². The third-order valence-electron chi connectivity index (χ3n) is 2.59. The van der Waals surface area contributed by atoms with Gasteiger partial charge in [0.1, 0.15) is 0 Å². The van der Waals surface area contributed by atoms with Gasteiger partial charge in [0, 0.05) is 12.6 Å². The standard InChI is InChI=1S/C10H21NO3/c1-4-5-11(6-7-12)9(3)8(2)10(13)14/h8-9,12H,4-7H2,1-3H3,(H,13,14). The van der Waals surface area contributed by atoms with Crippen LogP contribution in [0.4, 0.5) is 0 Å². The number of aliphatic hydroxyl groups is 1. The van der Waals surface area contributed by atoms with Crippen LogP contribution in [-0.4, -0.2) is 46.8 Å². The van der Waals surface area contributed by atoms with Gasteiger partial charge in [0.15, 0.2) is 0 Å². The summed E-state index contributed by atoms with van der Waals surface area (Å²) >= 11 is 0. The first-order chi connectivity index (χ1) is 6.54. The molecule has 0 spiro atoms. The van der Waals surface area contributed by atoms with Crippen LogP contribution in [0.15, 0.2) is 0 Å². The van der Waals surface area contributed by atoms with Gasteiger partial charge in [-0.2, -0.15) is 0 Å². The molecule has 4 nitrogen and oxygen atoms in total. The van der Waals surface area contributed by atoms with Crippen LogP contribution in [-0.2, 0) is 4.79 Å². The zero-order valence-electron chi connectivity index (χ0n) is 9.23. The Hall–Kier alpha value is -0.610. The quantitative estimate of drug-likeness (QED) is 0.642. The van der Waals surface area contributed by atoms with Gasteiger partial charge in [-0.05, 0) is 19.9 Å². The highest BCUT2D eigenvalue weighted by Gasteiger charge is 2.24. The van der Waals surface area contributed by atoms with Crippen LogP contribution >= 0.6 is 0 Å². The Labute approximate surface area is 85.5 Å². The fraction of sp³-hybridized carbons (Fsp3) is 0.900. The van der Waals surface area contributed by atoms with Crippen LogP contribution in [0.1, 0.15) is 27.2 Å². The fourth-order valence-corrected chi connectivity index (χ4v) is 1.46. The molecule has 4 heteroatoms. The monoisotopic (exact) mass is 203 g/mol. The van der Waals surface area contributed by atoms with Gasteiger partial charge in [0.2, 0.25) is 0 Å². The maximum atomic E-state index is 10.8. The van der Waals surface area contributed by atoms with Crippen molar-refractivity contribution in [3.63, 3.8) is 0 Å². The first-order valence-electron chi connectivity index (χ1n) is 5.12. The molecule has 0 aliphatic rings. The Morgan fingerprint density at radius 3 is 2.29 bits per heavy atom. The van der Waals surface area contributed by atoms with E-state index in [0.717, 1.165) is 13.0 Å². The van der Waals surface area contributed by atoms with Gasteiger partial charge >= 0.3 is 5.97 Å². The van der Waals surface area contributed by atoms with Crippen molar-refractivity contribution >= 4 is 5.97 Å². The normalized spacial score (nSPS) is 15.5. The van der Waals surface area contributed by atoms with Crippen molar-refractivity contribution in [3.05, 3.63) is 0 Å². The maximum absolute atomic E-state index is 10.8. The molecule has 0 aromatic heterocycles. The van der Waals surface area contributed by atoms with E-state index in [1.807, 2.05) is 18.7 Å². The fourth-order valence-electron chi connectivity index (χ4n) is 1.46. The molecule has 0 heterocycles. The molecule has 2 N–H and O–H groups in total. The molecule has 0 aromatic rings. The predicted molar refractivity (Wildman–Crippen MR) is 55.2 cm³/mol. The van der Waals surface area contributed by atoms with Crippen LogP contribution in [0.2, 0.25) is 0 Å². The molecule has 2 atom stereocenters. The summed E-state index contributed by atoms with van der Waals surface area (Å²) in [5, 5.41) is 17.7. The van der Waals surface area contributed by atoms with Gasteiger partial charge in [-0.25, -0.2) is 0 Å². The van der Waals surface area contributed by atoms with E-state index in [0.29, 0.717) is 6.54 Å². The van der Waals surface area contributed by atoms with Gasteiger partial charge in [-0.15, -0.1) is 0 Å². The van der Waals surface area contributed by atoms with Crippen LogP contribution < -0.4 is 0 Å². The van der Waals surface area contributed by atoms with E-state index < -0.39 is 11.9 Å². The Bertz CT molecular complexity index is 167. The van der Waals surface area contributed by atoms with E-state index in [9.17, 15) is 4.79 Å². The summed E-state index contributed by atoms with van der Waals surface area (Å²) in [6, 6.07) is -0.0281. The van der Waals surface area contributed by atoms with Crippen molar-refractivity contribution in [2.24, 2.45) is 5.92 Å². The Kier molecular flexibility index (Phi) is 6.49. The maximum Gasteiger partial charge on any atom is 0.307 e. The van der Waals surface area contributed by atoms with Gasteiger partial charge in [0.25, 0.3) is 0 Å². The number of carbonyl (C=O) groups is 1. The van der Waals surface area contributed by atoms with Crippen molar-refractivity contribution in [1.29, 1.82) is 0 Å². The van der Waals surface area contributed by atoms with Crippen molar-refractivity contribution in [2.75, 3.05) is 19.7 Å². The number of rotatable bonds is 7. The topological polar surface area (TPSA) is 60.8 Å². The van der Waals surface area contributed by atoms with Gasteiger partial charge in [0.05, 0.1) is 12.5 Å². The molecule has 0 amide bonds. The van der Waals surface area contributed by atoms with E-state index in [-0.39, 0.29) is 12.6 Å². The third kappa shape index (κ3) is 4.07. The summed E-state index contributed by atoms with van der Waals surface area (Å²) in [6.07, 6.45) is 0.969. The lowest BCUT2D eigenvalue weighted by Gasteiger charge is -2.30. The third-order valence-corrected chi connectivity index (χ3v) is 2.59. The van der Waals surface area contributed by atoms with Crippen molar-refractivity contribution in [3.8, 4) is 0 Å². The second-order valence-corrected chi connectivity index (χ2v) is 3.63. The Morgan fingerprint density at radius 1 is 1.36 bits per heavy atom. The minimum absolute atomic E-state index is 0.0281. The lowest BCUT2D eigenvalue weighted by Crippen LogP contribution is -2.42. The van der Waals surface area contributed by atoms with Crippen molar-refractivity contribution in [2.45, 2.75) is 33.2 Å². The predicted octanol–water partition coefficient (Wildman–Crippen LogP) is 0.800. The molecule has 0 aliphatic heterocycles. The number of aliphatic hydroxyl groups excluding tert-OH is 1. The van der Waals surface area contributed by atoms with Gasteiger partial charge in [-0.1, -0.05) is 13.8 Å². The van der Waals surface area contributed by atoms with Crippen molar-refractivity contribution in [1.82, 2.24) is 4.90 Å². The molecule has 0 radical (unpaired) electrons. The molecular formula is C10H21NO3. The largest absolute Gasteiger partial charge is 0.481 e. The van der Waals surface area contributed by atoms with Crippen LogP contribution in [0.25, 0.3) is 0 Å². The SMILES string of the molecule is CCCN(CCO)C(C)C(C)C(=O)O. The van der Waals surface area contributed by atoms with Crippen LogP contribution in [0.5, 0.6) is 0 Å². The summed E-state index contributed by atoms with van der Waals surface area (Å²) in [7, 11) is 0. The average Bonchev–Trinajstić information content (AvgIpc) is 2.15. The highest BCUT2D eigenvalue weighted by molar-refractivity contribution is 5.70. The molecule has 0 saturated carbocycles. The zero-order chi connectivity index (χ0) is 11.1. The van der Waals surface area contributed by atoms with Crippen molar-refractivity contribution < 1.29 is 15.0 Å². The first kappa shape index (κ1) is 13.4. The van der Waals surface area contributed by atoms with E-state index in [4.69, 9.17) is 10.2 Å². The number of carboxylic acid groups (broad SMARTS) is 1. The highest BCUT2D eigenvalue weighted by Crippen LogP contribution is 2.11. The molecule has 0 aromatic carbocycles. The van der Waals surface area contributed by atoms with Gasteiger partial charge < -0.3 is 10.2 Å². The summed E-state index contributed by atoms with van der Waals surface area (Å²) in [6.45, 7) is 7.10. The summed E-state index contributed by atoms with van der Waals surface area (Å²) in [4.78, 5) is 12.8. The summed E-state index contributed by atoms with van der Waals surface area (Å²) in [5.74, 6) is -1.18. The smallest absolute Gasteiger partial charge is 0.307 e. The minimum Gasteiger partial charge on any atom is -0.481 e. The first-order valence-corrected chi connectivity index (χ1v) is 5.12. The molecule has 0 rings (SSSR count). The molecule has 0 bridgehead atoms. The summed E-state index contributed by atoms with van der Waals surface area (Å²) < 4.78 is 0. The molecular weight excluding hydrogens is 182 g/mol. The molecule has 0 saturated heterocycles. The number of aliphatic carboxylic acids is 1. The number of hydrogen-bond donors (Lipinski definition) is 2. The molecule has 84 valence electrons. The van der Waals surface area contributed by atoms with E-state index in [2.05, 4.69) is 0 Å². The second kappa shape index (κ2) is 6.79. The lowest BCUT2D eigenvalue weighted by atomic mass is 10.0. The number of nitrogens with zero attached hydrogens (tertiary/aromatic N) is 1. The molecule has 2 unspecified atom stereocenters. The number of carboxylic acids is 1. The Morgan fingerprint density at radius 2 is 1.93 bits per heavy atom.